The Hall–Kier alpha value is -1.37. The molecule has 3 rings (SSSR count). The van der Waals surface area contributed by atoms with Gasteiger partial charge in [0.25, 0.3) is 5.91 Å². The Bertz CT molecular complexity index is 966. The summed E-state index contributed by atoms with van der Waals surface area (Å²) >= 11 is 11.1. The van der Waals surface area contributed by atoms with Gasteiger partial charge in [0.15, 0.2) is 0 Å². The second kappa shape index (κ2) is 9.42. The van der Waals surface area contributed by atoms with Crippen molar-refractivity contribution in [1.82, 2.24) is 14.5 Å². The van der Waals surface area contributed by atoms with E-state index in [9.17, 15) is 4.79 Å². The highest BCUT2D eigenvalue weighted by Crippen LogP contribution is 2.26. The minimum atomic E-state index is 0.0597. The molecule has 0 unspecified atom stereocenters. The second-order valence-corrected chi connectivity index (χ2v) is 10.2. The van der Waals surface area contributed by atoms with Crippen LogP contribution in [0, 0.1) is 5.92 Å². The van der Waals surface area contributed by atoms with Crippen molar-refractivity contribution >= 4 is 55.8 Å². The monoisotopic (exact) mass is 481 g/mol. The Kier molecular flexibility index (Phi) is 7.18. The lowest BCUT2D eigenvalue weighted by Crippen LogP contribution is -2.32. The molecule has 2 aromatic heterocycles. The van der Waals surface area contributed by atoms with Crippen LogP contribution in [0.4, 0.5) is 0 Å². The highest BCUT2D eigenvalue weighted by molar-refractivity contribution is 9.11. The Labute approximate surface area is 183 Å². The summed E-state index contributed by atoms with van der Waals surface area (Å²) < 4.78 is 3.16. The molecule has 150 valence electrons. The first-order valence-corrected chi connectivity index (χ1v) is 11.6. The number of nitrogens with zero attached hydrogens (tertiary/aromatic N) is 3. The number of aryl methyl sites for hydroxylation is 1. The van der Waals surface area contributed by atoms with E-state index in [2.05, 4.69) is 41.3 Å². The first-order valence-electron chi connectivity index (χ1n) is 9.58. The summed E-state index contributed by atoms with van der Waals surface area (Å²) in [7, 11) is 0. The van der Waals surface area contributed by atoms with E-state index in [0.717, 1.165) is 44.9 Å². The van der Waals surface area contributed by atoms with Crippen molar-refractivity contribution in [2.45, 2.75) is 46.7 Å². The molecule has 1 amide bonds. The normalized spacial score (nSPS) is 11.5. The highest BCUT2D eigenvalue weighted by atomic mass is 79.9. The summed E-state index contributed by atoms with van der Waals surface area (Å²) in [5, 5.41) is 0.701. The van der Waals surface area contributed by atoms with Crippen molar-refractivity contribution in [3.63, 3.8) is 0 Å². The zero-order valence-corrected chi connectivity index (χ0v) is 19.6. The molecule has 1 aromatic carbocycles. The summed E-state index contributed by atoms with van der Waals surface area (Å²) in [5.41, 5.74) is 1.95. The molecule has 0 saturated carbocycles. The van der Waals surface area contributed by atoms with E-state index in [1.165, 1.54) is 11.3 Å². The third kappa shape index (κ3) is 4.97. The molecule has 28 heavy (non-hydrogen) atoms. The summed E-state index contributed by atoms with van der Waals surface area (Å²) in [4.78, 5) is 20.7. The maximum Gasteiger partial charge on any atom is 0.264 e. The fraction of sp³-hybridized carbons (Fsp3) is 0.429. The minimum absolute atomic E-state index is 0.0597. The molecule has 0 bridgehead atoms. The van der Waals surface area contributed by atoms with Crippen molar-refractivity contribution in [1.29, 1.82) is 0 Å². The van der Waals surface area contributed by atoms with Crippen LogP contribution in [0.1, 0.15) is 49.1 Å². The van der Waals surface area contributed by atoms with Gasteiger partial charge in [-0.1, -0.05) is 32.4 Å². The lowest BCUT2D eigenvalue weighted by atomic mass is 10.1. The van der Waals surface area contributed by atoms with Gasteiger partial charge in [0.2, 0.25) is 0 Å². The predicted molar refractivity (Wildman–Crippen MR) is 121 cm³/mol. The van der Waals surface area contributed by atoms with Crippen LogP contribution in [0.15, 0.2) is 34.1 Å². The molecule has 0 spiro atoms. The van der Waals surface area contributed by atoms with Crippen molar-refractivity contribution in [2.75, 3.05) is 6.54 Å². The molecule has 4 nitrogen and oxygen atoms in total. The fourth-order valence-corrected chi connectivity index (χ4v) is 4.68. The topological polar surface area (TPSA) is 38.1 Å². The van der Waals surface area contributed by atoms with Crippen LogP contribution in [0.3, 0.4) is 0 Å². The molecule has 0 fully saturated rings. The van der Waals surface area contributed by atoms with Gasteiger partial charge in [0.05, 0.1) is 26.2 Å². The number of amides is 1. The molecule has 3 aromatic rings. The highest BCUT2D eigenvalue weighted by Gasteiger charge is 2.21. The largest absolute Gasteiger partial charge is 0.330 e. The fourth-order valence-electron chi connectivity index (χ4n) is 3.16. The predicted octanol–water partition coefficient (Wildman–Crippen LogP) is 6.61. The number of thiophene rings is 1. The smallest absolute Gasteiger partial charge is 0.264 e. The van der Waals surface area contributed by atoms with E-state index in [4.69, 9.17) is 16.6 Å². The number of halogens is 2. The summed E-state index contributed by atoms with van der Waals surface area (Å²) in [5.74, 6) is 1.50. The van der Waals surface area contributed by atoms with E-state index in [1.54, 1.807) is 0 Å². The van der Waals surface area contributed by atoms with Crippen LogP contribution < -0.4 is 0 Å². The first kappa shape index (κ1) is 21.3. The van der Waals surface area contributed by atoms with Crippen LogP contribution in [-0.2, 0) is 13.1 Å². The number of imidazole rings is 1. The summed E-state index contributed by atoms with van der Waals surface area (Å²) in [6.45, 7) is 8.56. The maximum atomic E-state index is 13.2. The molecule has 0 saturated heterocycles. The Morgan fingerprint density at radius 1 is 1.32 bits per heavy atom. The van der Waals surface area contributed by atoms with Gasteiger partial charge < -0.3 is 9.47 Å². The van der Waals surface area contributed by atoms with Gasteiger partial charge in [0.1, 0.15) is 5.82 Å². The number of carbonyl (C=O) groups is 1. The summed E-state index contributed by atoms with van der Waals surface area (Å²) in [6.07, 6.45) is 1.95. The van der Waals surface area contributed by atoms with Crippen LogP contribution >= 0.6 is 38.9 Å². The van der Waals surface area contributed by atoms with Crippen molar-refractivity contribution in [3.8, 4) is 0 Å². The second-order valence-electron chi connectivity index (χ2n) is 7.33. The molecule has 0 aliphatic heterocycles. The van der Waals surface area contributed by atoms with Crippen molar-refractivity contribution in [2.24, 2.45) is 5.92 Å². The molecule has 2 heterocycles. The van der Waals surface area contributed by atoms with Crippen LogP contribution in [0.5, 0.6) is 0 Å². The third-order valence-corrected chi connectivity index (χ3v) is 6.46. The van der Waals surface area contributed by atoms with Crippen molar-refractivity contribution < 1.29 is 4.79 Å². The lowest BCUT2D eigenvalue weighted by Gasteiger charge is -2.23. The lowest BCUT2D eigenvalue weighted by molar-refractivity contribution is 0.0734. The SMILES string of the molecule is CCCn1c(CN(CCC(C)C)C(=O)c2ccc(Br)s2)nc2ccc(Cl)cc21. The molecule has 0 aliphatic carbocycles. The zero-order valence-electron chi connectivity index (χ0n) is 16.4. The molecular weight excluding hydrogens is 458 g/mol. The Balaban J connectivity index is 1.95. The molecule has 0 radical (unpaired) electrons. The van der Waals surface area contributed by atoms with E-state index < -0.39 is 0 Å². The van der Waals surface area contributed by atoms with E-state index in [0.29, 0.717) is 24.0 Å². The molecule has 7 heteroatoms. The maximum absolute atomic E-state index is 13.2. The molecule has 0 aliphatic rings. The van der Waals surface area contributed by atoms with Gasteiger partial charge >= 0.3 is 0 Å². The van der Waals surface area contributed by atoms with Crippen LogP contribution in [0.2, 0.25) is 5.02 Å². The zero-order chi connectivity index (χ0) is 20.3. The molecular formula is C21H25BrClN3OS. The average molecular weight is 483 g/mol. The number of benzene rings is 1. The Morgan fingerprint density at radius 3 is 2.75 bits per heavy atom. The van der Waals surface area contributed by atoms with E-state index in [-0.39, 0.29) is 5.91 Å². The number of hydrogen-bond donors (Lipinski definition) is 0. The quantitative estimate of drug-likeness (QED) is 0.362. The van der Waals surface area contributed by atoms with Gasteiger partial charge in [-0.15, -0.1) is 11.3 Å². The molecule has 0 atom stereocenters. The average Bonchev–Trinajstić information content (AvgIpc) is 3.22. The number of aromatic nitrogens is 2. The van der Waals surface area contributed by atoms with Gasteiger partial charge in [-0.05, 0) is 65.0 Å². The molecule has 0 N–H and O–H groups in total. The number of fused-ring (bicyclic) bond motifs is 1. The standard InChI is InChI=1S/C21H25BrClN3OS/c1-4-10-26-17-12-15(23)5-6-16(17)24-20(26)13-25(11-9-14(2)3)21(27)18-7-8-19(22)28-18/h5-8,12,14H,4,9-11,13H2,1-3H3. The Morgan fingerprint density at radius 2 is 2.11 bits per heavy atom. The van der Waals surface area contributed by atoms with Gasteiger partial charge in [-0.3, -0.25) is 4.79 Å². The van der Waals surface area contributed by atoms with Gasteiger partial charge in [-0.2, -0.15) is 0 Å². The van der Waals surface area contributed by atoms with Crippen molar-refractivity contribution in [3.05, 3.63) is 49.8 Å². The van der Waals surface area contributed by atoms with Gasteiger partial charge in [0, 0.05) is 18.1 Å². The van der Waals surface area contributed by atoms with Gasteiger partial charge in [-0.25, -0.2) is 4.98 Å². The van der Waals surface area contributed by atoms with Crippen LogP contribution in [-0.4, -0.2) is 26.9 Å². The van der Waals surface area contributed by atoms with Crippen LogP contribution in [0.25, 0.3) is 11.0 Å². The number of rotatable bonds is 8. The number of hydrogen-bond acceptors (Lipinski definition) is 3. The minimum Gasteiger partial charge on any atom is -0.330 e. The first-order chi connectivity index (χ1) is 13.4. The summed E-state index contributed by atoms with van der Waals surface area (Å²) in [6, 6.07) is 9.58. The third-order valence-electron chi connectivity index (χ3n) is 4.62. The van der Waals surface area contributed by atoms with E-state index in [1.807, 2.05) is 35.2 Å². The number of carbonyl (C=O) groups excluding carboxylic acids is 1. The van der Waals surface area contributed by atoms with E-state index >= 15 is 0 Å².